The van der Waals surface area contributed by atoms with Crippen molar-refractivity contribution in [1.82, 2.24) is 4.90 Å². The normalized spacial score (nSPS) is 11.1. The topological polar surface area (TPSA) is 20.3 Å². The lowest BCUT2D eigenvalue weighted by atomic mass is 10.1. The fraction of sp³-hybridized carbons (Fsp3) is 0.500. The van der Waals surface area contributed by atoms with Gasteiger partial charge in [-0.15, -0.1) is 0 Å². The third-order valence-corrected chi connectivity index (χ3v) is 3.28. The molecule has 0 atom stereocenters. The molecule has 4 heteroatoms. The Hall–Kier alpha value is -0.900. The molecule has 1 amide bonds. The van der Waals surface area contributed by atoms with Crippen LogP contribution >= 0.6 is 15.9 Å². The van der Waals surface area contributed by atoms with Gasteiger partial charge in [0.05, 0.1) is 5.56 Å². The second kappa shape index (κ2) is 6.32. The van der Waals surface area contributed by atoms with Crippen molar-refractivity contribution in [3.8, 4) is 0 Å². The first-order chi connectivity index (χ1) is 8.34. The van der Waals surface area contributed by atoms with Gasteiger partial charge < -0.3 is 4.90 Å². The highest BCUT2D eigenvalue weighted by Gasteiger charge is 2.24. The Labute approximate surface area is 116 Å². The Balaban J connectivity index is 3.10. The van der Waals surface area contributed by atoms with E-state index >= 15 is 0 Å². The van der Waals surface area contributed by atoms with Crippen molar-refractivity contribution < 1.29 is 9.18 Å². The minimum atomic E-state index is -0.483. The third-order valence-electron chi connectivity index (χ3n) is 2.62. The predicted molar refractivity (Wildman–Crippen MR) is 75.1 cm³/mol. The van der Waals surface area contributed by atoms with E-state index < -0.39 is 5.82 Å². The maximum Gasteiger partial charge on any atom is 0.258 e. The summed E-state index contributed by atoms with van der Waals surface area (Å²) in [7, 11) is 0. The molecule has 0 aliphatic rings. The van der Waals surface area contributed by atoms with E-state index in [2.05, 4.69) is 15.9 Å². The molecule has 100 valence electrons. The second-order valence-electron chi connectivity index (χ2n) is 5.04. The number of hydrogen-bond donors (Lipinski definition) is 0. The molecule has 0 saturated carbocycles. The minimum absolute atomic E-state index is 0.0476. The standard InChI is InChI=1S/C14H19BrFNO/c1-9(2)8-17(10(3)4)14(18)13-11(15)6-5-7-12(13)16/h5-7,9-10H,8H2,1-4H3. The van der Waals surface area contributed by atoms with Gasteiger partial charge in [0.25, 0.3) is 5.91 Å². The molecule has 1 rings (SSSR count). The summed E-state index contributed by atoms with van der Waals surface area (Å²) in [6, 6.07) is 4.63. The summed E-state index contributed by atoms with van der Waals surface area (Å²) in [5.74, 6) is -0.394. The van der Waals surface area contributed by atoms with E-state index in [1.807, 2.05) is 27.7 Å². The summed E-state index contributed by atoms with van der Waals surface area (Å²) in [5, 5.41) is 0. The van der Waals surface area contributed by atoms with E-state index in [4.69, 9.17) is 0 Å². The van der Waals surface area contributed by atoms with Gasteiger partial charge in [-0.1, -0.05) is 19.9 Å². The molecule has 2 nitrogen and oxygen atoms in total. The van der Waals surface area contributed by atoms with Crippen LogP contribution in [0.25, 0.3) is 0 Å². The van der Waals surface area contributed by atoms with Crippen molar-refractivity contribution in [1.29, 1.82) is 0 Å². The van der Waals surface area contributed by atoms with Gasteiger partial charge in [-0.3, -0.25) is 4.79 Å². The summed E-state index contributed by atoms with van der Waals surface area (Å²) in [4.78, 5) is 14.1. The zero-order valence-corrected chi connectivity index (χ0v) is 12.8. The fourth-order valence-electron chi connectivity index (χ4n) is 1.77. The molecule has 0 N–H and O–H groups in total. The summed E-state index contributed by atoms with van der Waals surface area (Å²) in [6.07, 6.45) is 0. The smallest absolute Gasteiger partial charge is 0.258 e. The number of carbonyl (C=O) groups is 1. The molecule has 18 heavy (non-hydrogen) atoms. The van der Waals surface area contributed by atoms with Crippen LogP contribution in [0.15, 0.2) is 22.7 Å². The molecule has 1 aromatic carbocycles. The van der Waals surface area contributed by atoms with Crippen molar-refractivity contribution in [2.45, 2.75) is 33.7 Å². The van der Waals surface area contributed by atoms with Gasteiger partial charge in [-0.2, -0.15) is 0 Å². The molecule has 0 aliphatic carbocycles. The Bertz CT molecular complexity index is 412. The monoisotopic (exact) mass is 315 g/mol. The molecule has 0 spiro atoms. The molecule has 0 unspecified atom stereocenters. The highest BCUT2D eigenvalue weighted by molar-refractivity contribution is 9.10. The predicted octanol–water partition coefficient (Wildman–Crippen LogP) is 4.09. The molecule has 0 radical (unpaired) electrons. The number of carbonyl (C=O) groups excluding carboxylic acids is 1. The first-order valence-electron chi connectivity index (χ1n) is 6.09. The number of amides is 1. The number of nitrogens with zero attached hydrogens (tertiary/aromatic N) is 1. The minimum Gasteiger partial charge on any atom is -0.336 e. The molecule has 0 heterocycles. The highest BCUT2D eigenvalue weighted by Crippen LogP contribution is 2.22. The number of hydrogen-bond acceptors (Lipinski definition) is 1. The van der Waals surface area contributed by atoms with Crippen molar-refractivity contribution >= 4 is 21.8 Å². The van der Waals surface area contributed by atoms with E-state index in [0.29, 0.717) is 16.9 Å². The Morgan fingerprint density at radius 2 is 1.94 bits per heavy atom. The first kappa shape index (κ1) is 15.2. The third kappa shape index (κ3) is 3.55. The summed E-state index contributed by atoms with van der Waals surface area (Å²) >= 11 is 3.24. The Kier molecular flexibility index (Phi) is 5.32. The van der Waals surface area contributed by atoms with Crippen LogP contribution in [0.1, 0.15) is 38.1 Å². The molecule has 0 bridgehead atoms. The largest absolute Gasteiger partial charge is 0.336 e. The molecule has 0 fully saturated rings. The molecule has 0 saturated heterocycles. The van der Waals surface area contributed by atoms with Crippen LogP contribution in [0.3, 0.4) is 0 Å². The van der Waals surface area contributed by atoms with Gasteiger partial charge in [0.15, 0.2) is 0 Å². The van der Waals surface area contributed by atoms with Crippen LogP contribution in [0.4, 0.5) is 4.39 Å². The lowest BCUT2D eigenvalue weighted by Crippen LogP contribution is -2.40. The Morgan fingerprint density at radius 1 is 1.33 bits per heavy atom. The first-order valence-corrected chi connectivity index (χ1v) is 6.88. The zero-order valence-electron chi connectivity index (χ0n) is 11.2. The van der Waals surface area contributed by atoms with Crippen LogP contribution in [0.5, 0.6) is 0 Å². The average Bonchev–Trinajstić information content (AvgIpc) is 2.24. The zero-order chi connectivity index (χ0) is 13.9. The summed E-state index contributed by atoms with van der Waals surface area (Å²) in [6.45, 7) is 8.58. The van der Waals surface area contributed by atoms with Gasteiger partial charge in [-0.05, 0) is 47.8 Å². The van der Waals surface area contributed by atoms with Gasteiger partial charge in [0.1, 0.15) is 5.82 Å². The molecular formula is C14H19BrFNO. The number of benzene rings is 1. The molecular weight excluding hydrogens is 297 g/mol. The van der Waals surface area contributed by atoms with Crippen LogP contribution in [-0.2, 0) is 0 Å². The highest BCUT2D eigenvalue weighted by atomic mass is 79.9. The molecule has 0 aliphatic heterocycles. The number of rotatable bonds is 4. The van der Waals surface area contributed by atoms with Crippen molar-refractivity contribution in [2.24, 2.45) is 5.92 Å². The van der Waals surface area contributed by atoms with Gasteiger partial charge in [-0.25, -0.2) is 4.39 Å². The molecule has 0 aromatic heterocycles. The van der Waals surface area contributed by atoms with Gasteiger partial charge in [0, 0.05) is 17.1 Å². The van der Waals surface area contributed by atoms with Crippen LogP contribution in [0, 0.1) is 11.7 Å². The van der Waals surface area contributed by atoms with E-state index in [-0.39, 0.29) is 17.5 Å². The number of halogens is 2. The fourth-order valence-corrected chi connectivity index (χ4v) is 2.28. The maximum atomic E-state index is 13.8. The lowest BCUT2D eigenvalue weighted by Gasteiger charge is -2.29. The van der Waals surface area contributed by atoms with Crippen molar-refractivity contribution in [2.75, 3.05) is 6.54 Å². The van der Waals surface area contributed by atoms with Crippen molar-refractivity contribution in [3.63, 3.8) is 0 Å². The van der Waals surface area contributed by atoms with Gasteiger partial charge in [0.2, 0.25) is 0 Å². The van der Waals surface area contributed by atoms with E-state index in [1.54, 1.807) is 17.0 Å². The van der Waals surface area contributed by atoms with Crippen LogP contribution < -0.4 is 0 Å². The average molecular weight is 316 g/mol. The van der Waals surface area contributed by atoms with Crippen LogP contribution in [0.2, 0.25) is 0 Å². The maximum absolute atomic E-state index is 13.8. The van der Waals surface area contributed by atoms with Crippen molar-refractivity contribution in [3.05, 3.63) is 34.1 Å². The second-order valence-corrected chi connectivity index (χ2v) is 5.90. The summed E-state index contributed by atoms with van der Waals surface area (Å²) in [5.41, 5.74) is 0.117. The van der Waals surface area contributed by atoms with Gasteiger partial charge >= 0.3 is 0 Å². The van der Waals surface area contributed by atoms with E-state index in [0.717, 1.165) is 0 Å². The SMILES string of the molecule is CC(C)CN(C(=O)c1c(F)cccc1Br)C(C)C. The lowest BCUT2D eigenvalue weighted by molar-refractivity contribution is 0.0676. The molecule has 1 aromatic rings. The summed E-state index contributed by atoms with van der Waals surface area (Å²) < 4.78 is 14.3. The van der Waals surface area contributed by atoms with E-state index in [1.165, 1.54) is 6.07 Å². The van der Waals surface area contributed by atoms with E-state index in [9.17, 15) is 9.18 Å². The Morgan fingerprint density at radius 3 is 2.39 bits per heavy atom. The quantitative estimate of drug-likeness (QED) is 0.819. The van der Waals surface area contributed by atoms with Crippen LogP contribution in [-0.4, -0.2) is 23.4 Å².